The molecule has 1 aromatic heterocycles. The summed E-state index contributed by atoms with van der Waals surface area (Å²) in [5.41, 5.74) is 1.64. The van der Waals surface area contributed by atoms with Crippen LogP contribution < -0.4 is 10.2 Å². The molecule has 0 radical (unpaired) electrons. The Hall–Kier alpha value is -1.32. The van der Waals surface area contributed by atoms with Gasteiger partial charge < -0.3 is 10.2 Å². The summed E-state index contributed by atoms with van der Waals surface area (Å²) >= 11 is 0. The van der Waals surface area contributed by atoms with Crippen LogP contribution in [0.1, 0.15) is 39.7 Å². The fourth-order valence-corrected chi connectivity index (χ4v) is 2.61. The van der Waals surface area contributed by atoms with Crippen molar-refractivity contribution in [1.82, 2.24) is 9.97 Å². The van der Waals surface area contributed by atoms with Crippen molar-refractivity contribution < 1.29 is 0 Å². The molecule has 1 aromatic rings. The van der Waals surface area contributed by atoms with E-state index < -0.39 is 0 Å². The van der Waals surface area contributed by atoms with Gasteiger partial charge in [0.05, 0.1) is 0 Å². The predicted octanol–water partition coefficient (Wildman–Crippen LogP) is 2.71. The third-order valence-electron chi connectivity index (χ3n) is 3.60. The van der Waals surface area contributed by atoms with Gasteiger partial charge >= 0.3 is 0 Å². The van der Waals surface area contributed by atoms with E-state index in [2.05, 4.69) is 47.9 Å². The van der Waals surface area contributed by atoms with E-state index >= 15 is 0 Å². The Morgan fingerprint density at radius 1 is 1.33 bits per heavy atom. The molecule has 1 N–H and O–H groups in total. The van der Waals surface area contributed by atoms with E-state index in [1.54, 1.807) is 6.33 Å². The van der Waals surface area contributed by atoms with Crippen LogP contribution in [0.2, 0.25) is 0 Å². The van der Waals surface area contributed by atoms with Crippen molar-refractivity contribution in [1.29, 1.82) is 0 Å². The van der Waals surface area contributed by atoms with Crippen LogP contribution in [0.4, 0.5) is 11.6 Å². The molecule has 0 saturated carbocycles. The fraction of sp³-hybridized carbons (Fsp3) is 0.714. The first-order valence-electron chi connectivity index (χ1n) is 6.90. The summed E-state index contributed by atoms with van der Waals surface area (Å²) in [4.78, 5) is 11.3. The van der Waals surface area contributed by atoms with Crippen molar-refractivity contribution in [2.24, 2.45) is 5.41 Å². The monoisotopic (exact) mass is 248 g/mol. The van der Waals surface area contributed by atoms with Gasteiger partial charge in [-0.25, -0.2) is 9.97 Å². The van der Waals surface area contributed by atoms with Crippen LogP contribution in [-0.2, 0) is 6.42 Å². The first-order valence-corrected chi connectivity index (χ1v) is 6.90. The normalized spacial score (nSPS) is 18.1. The summed E-state index contributed by atoms with van der Waals surface area (Å²) in [7, 11) is 0. The number of anilines is 2. The smallest absolute Gasteiger partial charge is 0.137 e. The third-order valence-corrected chi connectivity index (χ3v) is 3.60. The van der Waals surface area contributed by atoms with Crippen molar-refractivity contribution in [3.05, 3.63) is 11.9 Å². The third kappa shape index (κ3) is 2.57. The maximum absolute atomic E-state index is 4.51. The van der Waals surface area contributed by atoms with Crippen LogP contribution in [0.25, 0.3) is 0 Å². The maximum Gasteiger partial charge on any atom is 0.137 e. The average molecular weight is 248 g/mol. The largest absolute Gasteiger partial charge is 0.370 e. The second-order valence-electron chi connectivity index (χ2n) is 5.74. The second kappa shape index (κ2) is 5.12. The second-order valence-corrected chi connectivity index (χ2v) is 5.74. The predicted molar refractivity (Wildman–Crippen MR) is 76.2 cm³/mol. The van der Waals surface area contributed by atoms with E-state index in [9.17, 15) is 0 Å². The van der Waals surface area contributed by atoms with E-state index in [1.165, 1.54) is 12.0 Å². The lowest BCUT2D eigenvalue weighted by Crippen LogP contribution is -2.25. The molecule has 0 aliphatic carbocycles. The first-order chi connectivity index (χ1) is 8.57. The zero-order valence-corrected chi connectivity index (χ0v) is 12.0. The van der Waals surface area contributed by atoms with E-state index in [0.29, 0.717) is 5.41 Å². The molecule has 0 aromatic carbocycles. The Morgan fingerprint density at radius 3 is 2.67 bits per heavy atom. The topological polar surface area (TPSA) is 41.1 Å². The minimum Gasteiger partial charge on any atom is -0.370 e. The lowest BCUT2D eigenvalue weighted by Gasteiger charge is -2.23. The zero-order chi connectivity index (χ0) is 13.2. The van der Waals surface area contributed by atoms with E-state index in [-0.39, 0.29) is 0 Å². The summed E-state index contributed by atoms with van der Waals surface area (Å²) < 4.78 is 0. The molecule has 0 spiro atoms. The Kier molecular flexibility index (Phi) is 3.73. The molecule has 1 fully saturated rings. The molecular formula is C14H24N4. The molecule has 100 valence electrons. The Labute approximate surface area is 110 Å². The van der Waals surface area contributed by atoms with Crippen LogP contribution in [0, 0.1) is 5.41 Å². The number of hydrogen-bond donors (Lipinski definition) is 1. The number of aromatic nitrogens is 2. The van der Waals surface area contributed by atoms with Crippen molar-refractivity contribution in [3.8, 4) is 0 Å². The quantitative estimate of drug-likeness (QED) is 0.889. The molecule has 18 heavy (non-hydrogen) atoms. The minimum absolute atomic E-state index is 0.397. The van der Waals surface area contributed by atoms with Crippen molar-refractivity contribution >= 4 is 11.6 Å². The van der Waals surface area contributed by atoms with Crippen molar-refractivity contribution in [2.45, 2.75) is 40.5 Å². The molecule has 1 aliphatic heterocycles. The van der Waals surface area contributed by atoms with Crippen LogP contribution in [-0.4, -0.2) is 29.6 Å². The number of hydrogen-bond acceptors (Lipinski definition) is 4. The molecule has 0 atom stereocenters. The number of nitrogens with zero attached hydrogens (tertiary/aromatic N) is 3. The molecule has 4 heteroatoms. The van der Waals surface area contributed by atoms with Gasteiger partial charge in [0.1, 0.15) is 18.0 Å². The molecular weight excluding hydrogens is 224 g/mol. The first kappa shape index (κ1) is 13.1. The van der Waals surface area contributed by atoms with Crippen LogP contribution in [0.15, 0.2) is 6.33 Å². The minimum atomic E-state index is 0.397. The fourth-order valence-electron chi connectivity index (χ4n) is 2.61. The van der Waals surface area contributed by atoms with Gasteiger partial charge in [0.25, 0.3) is 0 Å². The van der Waals surface area contributed by atoms with Crippen molar-refractivity contribution in [3.63, 3.8) is 0 Å². The van der Waals surface area contributed by atoms with Gasteiger partial charge in [0.15, 0.2) is 0 Å². The number of nitrogens with one attached hydrogen (secondary N) is 1. The van der Waals surface area contributed by atoms with Gasteiger partial charge in [0.2, 0.25) is 0 Å². The van der Waals surface area contributed by atoms with Gasteiger partial charge in [-0.3, -0.25) is 0 Å². The van der Waals surface area contributed by atoms with Gasteiger partial charge in [-0.05, 0) is 25.2 Å². The Morgan fingerprint density at radius 2 is 2.11 bits per heavy atom. The van der Waals surface area contributed by atoms with Crippen LogP contribution in [0.3, 0.4) is 0 Å². The molecule has 4 nitrogen and oxygen atoms in total. The van der Waals surface area contributed by atoms with Gasteiger partial charge in [-0.1, -0.05) is 20.8 Å². The van der Waals surface area contributed by atoms with Gasteiger partial charge in [-0.2, -0.15) is 0 Å². The van der Waals surface area contributed by atoms with Crippen molar-refractivity contribution in [2.75, 3.05) is 29.9 Å². The molecule has 0 unspecified atom stereocenters. The highest BCUT2D eigenvalue weighted by Crippen LogP contribution is 2.34. The lowest BCUT2D eigenvalue weighted by atomic mass is 9.93. The highest BCUT2D eigenvalue weighted by Gasteiger charge is 2.31. The number of rotatable bonds is 4. The molecule has 1 saturated heterocycles. The lowest BCUT2D eigenvalue weighted by molar-refractivity contribution is 0.418. The summed E-state index contributed by atoms with van der Waals surface area (Å²) in [6, 6.07) is 0. The molecule has 2 heterocycles. The SMILES string of the molecule is CCNc1ncnc(N2CCC(C)(C)C2)c1CC. The standard InChI is InChI=1S/C14H24N4/c1-5-11-12(15-6-2)16-10-17-13(11)18-8-7-14(3,4)9-18/h10H,5-9H2,1-4H3,(H,15,16,17). The molecule has 0 amide bonds. The summed E-state index contributed by atoms with van der Waals surface area (Å²) in [5, 5.41) is 3.33. The average Bonchev–Trinajstić information content (AvgIpc) is 2.70. The zero-order valence-electron chi connectivity index (χ0n) is 12.0. The Bertz CT molecular complexity index is 414. The summed E-state index contributed by atoms with van der Waals surface area (Å²) in [5.74, 6) is 2.11. The van der Waals surface area contributed by atoms with E-state index in [0.717, 1.165) is 37.7 Å². The molecule has 0 bridgehead atoms. The maximum atomic E-state index is 4.51. The molecule has 2 rings (SSSR count). The highest BCUT2D eigenvalue weighted by atomic mass is 15.2. The van der Waals surface area contributed by atoms with E-state index in [4.69, 9.17) is 0 Å². The van der Waals surface area contributed by atoms with Gasteiger partial charge in [-0.15, -0.1) is 0 Å². The molecule has 1 aliphatic rings. The summed E-state index contributed by atoms with van der Waals surface area (Å²) in [6.45, 7) is 12.0. The van der Waals surface area contributed by atoms with Crippen LogP contribution in [0.5, 0.6) is 0 Å². The van der Waals surface area contributed by atoms with Gasteiger partial charge in [0, 0.05) is 25.2 Å². The van der Waals surface area contributed by atoms with E-state index in [1.807, 2.05) is 0 Å². The highest BCUT2D eigenvalue weighted by molar-refractivity contribution is 5.59. The van der Waals surface area contributed by atoms with Crippen LogP contribution >= 0.6 is 0 Å². The summed E-state index contributed by atoms with van der Waals surface area (Å²) in [6.07, 6.45) is 3.88. The Balaban J connectivity index is 2.30.